The monoisotopic (exact) mass is 192 g/mol. The van der Waals surface area contributed by atoms with Gasteiger partial charge in [-0.2, -0.15) is 0 Å². The summed E-state index contributed by atoms with van der Waals surface area (Å²) in [4.78, 5) is 11.2. The van der Waals surface area contributed by atoms with Crippen molar-refractivity contribution in [1.82, 2.24) is 0 Å². The minimum Gasteiger partial charge on any atom is -0.460 e. The molecule has 3 nitrogen and oxygen atoms in total. The van der Waals surface area contributed by atoms with Gasteiger partial charge < -0.3 is 9.47 Å². The lowest BCUT2D eigenvalue weighted by Crippen LogP contribution is -2.26. The van der Waals surface area contributed by atoms with Crippen LogP contribution in [0, 0.1) is 0 Å². The van der Waals surface area contributed by atoms with Gasteiger partial charge in [-0.05, 0) is 20.3 Å². The van der Waals surface area contributed by atoms with Crippen LogP contribution in [0.2, 0.25) is 0 Å². The van der Waals surface area contributed by atoms with E-state index < -0.39 is 11.0 Å². The van der Waals surface area contributed by atoms with Crippen molar-refractivity contribution in [2.75, 3.05) is 0 Å². The first-order valence-corrected chi connectivity index (χ1v) is 4.46. The number of alkyl halides is 1. The fraction of sp³-hybridized carbons (Fsp3) is 0.875. The summed E-state index contributed by atoms with van der Waals surface area (Å²) in [6.45, 7) is 5.47. The van der Waals surface area contributed by atoms with Crippen LogP contribution in [0.3, 0.4) is 0 Å². The third-order valence-corrected chi connectivity index (χ3v) is 2.15. The van der Waals surface area contributed by atoms with Gasteiger partial charge >= 0.3 is 5.97 Å². The van der Waals surface area contributed by atoms with Gasteiger partial charge in [0.2, 0.25) is 0 Å². The van der Waals surface area contributed by atoms with E-state index in [1.54, 1.807) is 13.8 Å². The first-order chi connectivity index (χ1) is 5.50. The van der Waals surface area contributed by atoms with Gasteiger partial charge in [0, 0.05) is 0 Å². The standard InChI is InChI=1S/C8H13ClO3/c1-4-6-8(9,12-6)7(10)11-5(2)3/h5-6H,4H2,1-3H3. The maximum absolute atomic E-state index is 11.2. The molecule has 4 heteroatoms. The number of carbonyl (C=O) groups is 1. The van der Waals surface area contributed by atoms with Crippen molar-refractivity contribution in [2.24, 2.45) is 0 Å². The molecule has 70 valence electrons. The lowest BCUT2D eigenvalue weighted by Gasteiger charge is -2.08. The van der Waals surface area contributed by atoms with Crippen molar-refractivity contribution in [3.8, 4) is 0 Å². The smallest absolute Gasteiger partial charge is 0.357 e. The van der Waals surface area contributed by atoms with Crippen LogP contribution in [0.25, 0.3) is 0 Å². The van der Waals surface area contributed by atoms with E-state index in [-0.39, 0.29) is 12.2 Å². The molecule has 0 aromatic heterocycles. The van der Waals surface area contributed by atoms with Crippen LogP contribution in [-0.4, -0.2) is 23.2 Å². The largest absolute Gasteiger partial charge is 0.460 e. The Morgan fingerprint density at radius 2 is 2.33 bits per heavy atom. The number of carbonyl (C=O) groups excluding carboxylic acids is 1. The lowest BCUT2D eigenvalue weighted by atomic mass is 10.2. The minimum absolute atomic E-state index is 0.144. The molecule has 0 spiro atoms. The summed E-state index contributed by atoms with van der Waals surface area (Å²) >= 11 is 5.81. The van der Waals surface area contributed by atoms with Crippen molar-refractivity contribution in [1.29, 1.82) is 0 Å². The Bertz CT molecular complexity index is 193. The summed E-state index contributed by atoms with van der Waals surface area (Å²) in [6.07, 6.45) is 0.414. The second-order valence-electron chi connectivity index (χ2n) is 3.11. The summed E-state index contributed by atoms with van der Waals surface area (Å²) in [7, 11) is 0. The molecule has 0 aliphatic carbocycles. The zero-order valence-electron chi connectivity index (χ0n) is 7.46. The third-order valence-electron chi connectivity index (χ3n) is 1.66. The summed E-state index contributed by atoms with van der Waals surface area (Å²) in [6, 6.07) is 0. The Kier molecular flexibility index (Phi) is 2.64. The van der Waals surface area contributed by atoms with Gasteiger partial charge in [0.15, 0.2) is 0 Å². The molecule has 0 radical (unpaired) electrons. The molecule has 1 aliphatic heterocycles. The zero-order valence-corrected chi connectivity index (χ0v) is 8.22. The van der Waals surface area contributed by atoms with Gasteiger partial charge in [-0.25, -0.2) is 4.79 Å². The molecule has 0 aromatic rings. The van der Waals surface area contributed by atoms with E-state index in [9.17, 15) is 4.79 Å². The number of epoxide rings is 1. The number of hydrogen-bond acceptors (Lipinski definition) is 3. The Hall–Kier alpha value is -0.280. The van der Waals surface area contributed by atoms with Crippen LogP contribution in [0.15, 0.2) is 0 Å². The lowest BCUT2D eigenvalue weighted by molar-refractivity contribution is -0.150. The van der Waals surface area contributed by atoms with E-state index in [2.05, 4.69) is 0 Å². The molecule has 1 fully saturated rings. The van der Waals surface area contributed by atoms with E-state index in [1.807, 2.05) is 6.92 Å². The number of halogens is 1. The molecule has 0 N–H and O–H groups in total. The predicted octanol–water partition coefficient (Wildman–Crippen LogP) is 1.68. The van der Waals surface area contributed by atoms with E-state index in [1.165, 1.54) is 0 Å². The number of rotatable bonds is 3. The highest BCUT2D eigenvalue weighted by atomic mass is 35.5. The molecule has 12 heavy (non-hydrogen) atoms. The van der Waals surface area contributed by atoms with Gasteiger partial charge in [-0.15, -0.1) is 0 Å². The Balaban J connectivity index is 2.44. The van der Waals surface area contributed by atoms with Crippen molar-refractivity contribution >= 4 is 17.6 Å². The molecule has 0 amide bonds. The maximum atomic E-state index is 11.2. The van der Waals surface area contributed by atoms with Crippen molar-refractivity contribution in [3.05, 3.63) is 0 Å². The summed E-state index contributed by atoms with van der Waals surface area (Å²) < 4.78 is 9.92. The molecule has 2 unspecified atom stereocenters. The van der Waals surface area contributed by atoms with Gasteiger partial charge in [-0.1, -0.05) is 18.5 Å². The second kappa shape index (κ2) is 3.23. The average Bonchev–Trinajstić information content (AvgIpc) is 2.62. The molecule has 2 atom stereocenters. The van der Waals surface area contributed by atoms with E-state index in [4.69, 9.17) is 21.1 Å². The van der Waals surface area contributed by atoms with Crippen LogP contribution < -0.4 is 0 Å². The van der Waals surface area contributed by atoms with Crippen LogP contribution in [0.5, 0.6) is 0 Å². The molecule has 0 bridgehead atoms. The van der Waals surface area contributed by atoms with Crippen LogP contribution >= 0.6 is 11.6 Å². The van der Waals surface area contributed by atoms with Gasteiger partial charge in [0.05, 0.1) is 6.10 Å². The number of esters is 1. The molecule has 1 heterocycles. The third kappa shape index (κ3) is 1.72. The number of hydrogen-bond donors (Lipinski definition) is 0. The molecule has 1 rings (SSSR count). The van der Waals surface area contributed by atoms with Crippen LogP contribution in [0.4, 0.5) is 0 Å². The van der Waals surface area contributed by atoms with E-state index >= 15 is 0 Å². The highest BCUT2D eigenvalue weighted by Gasteiger charge is 2.62. The van der Waals surface area contributed by atoms with Gasteiger partial charge in [-0.3, -0.25) is 0 Å². The van der Waals surface area contributed by atoms with Gasteiger partial charge in [0.25, 0.3) is 5.06 Å². The summed E-state index contributed by atoms with van der Waals surface area (Å²) in [5.41, 5.74) is 0. The average molecular weight is 193 g/mol. The SMILES string of the molecule is CCC1OC1(Cl)C(=O)OC(C)C. The fourth-order valence-corrected chi connectivity index (χ4v) is 1.30. The maximum Gasteiger partial charge on any atom is 0.357 e. The quantitative estimate of drug-likeness (QED) is 0.388. The normalized spacial score (nSPS) is 33.6. The van der Waals surface area contributed by atoms with E-state index in [0.717, 1.165) is 6.42 Å². The zero-order chi connectivity index (χ0) is 9.35. The van der Waals surface area contributed by atoms with Crippen molar-refractivity contribution < 1.29 is 14.3 Å². The first-order valence-electron chi connectivity index (χ1n) is 4.08. The summed E-state index contributed by atoms with van der Waals surface area (Å²) in [5.74, 6) is -0.467. The van der Waals surface area contributed by atoms with Crippen LogP contribution in [-0.2, 0) is 14.3 Å². The number of ether oxygens (including phenoxy) is 2. The highest BCUT2D eigenvalue weighted by Crippen LogP contribution is 2.43. The Morgan fingerprint density at radius 3 is 2.67 bits per heavy atom. The molecular weight excluding hydrogens is 180 g/mol. The molecule has 0 aromatic carbocycles. The van der Waals surface area contributed by atoms with Crippen molar-refractivity contribution in [2.45, 2.75) is 44.5 Å². The first kappa shape index (κ1) is 9.81. The predicted molar refractivity (Wildman–Crippen MR) is 45.0 cm³/mol. The van der Waals surface area contributed by atoms with E-state index in [0.29, 0.717) is 0 Å². The molecular formula is C8H13ClO3. The molecule has 0 saturated carbocycles. The molecule has 1 aliphatic rings. The highest BCUT2D eigenvalue weighted by molar-refractivity contribution is 6.35. The van der Waals surface area contributed by atoms with Crippen molar-refractivity contribution in [3.63, 3.8) is 0 Å². The fourth-order valence-electron chi connectivity index (χ4n) is 0.993. The Labute approximate surface area is 77.0 Å². The van der Waals surface area contributed by atoms with Crippen LogP contribution in [0.1, 0.15) is 27.2 Å². The summed E-state index contributed by atoms with van der Waals surface area (Å²) in [5, 5.41) is -1.18. The Morgan fingerprint density at radius 1 is 1.75 bits per heavy atom. The van der Waals surface area contributed by atoms with Gasteiger partial charge in [0.1, 0.15) is 6.10 Å². The molecule has 1 saturated heterocycles. The minimum atomic E-state index is -1.18. The second-order valence-corrected chi connectivity index (χ2v) is 3.68. The topological polar surface area (TPSA) is 38.8 Å².